The van der Waals surface area contributed by atoms with Crippen LogP contribution >= 0.6 is 0 Å². The van der Waals surface area contributed by atoms with Crippen molar-refractivity contribution in [1.29, 1.82) is 0 Å². The Balaban J connectivity index is 1.62. The van der Waals surface area contributed by atoms with Gasteiger partial charge in [0.15, 0.2) is 6.61 Å². The summed E-state index contributed by atoms with van der Waals surface area (Å²) < 4.78 is 5.01. The second kappa shape index (κ2) is 9.14. The number of ether oxygens (including phenoxy) is 1. The zero-order chi connectivity index (χ0) is 19.8. The minimum absolute atomic E-state index is 0.300. The lowest BCUT2D eigenvalue weighted by Crippen LogP contribution is -2.23. The summed E-state index contributed by atoms with van der Waals surface area (Å²) in [5.41, 5.74) is 1.63. The molecule has 0 bridgehead atoms. The number of amides is 2. The van der Waals surface area contributed by atoms with Crippen LogP contribution in [-0.2, 0) is 9.53 Å². The highest BCUT2D eigenvalue weighted by molar-refractivity contribution is 6.10. The molecule has 0 saturated heterocycles. The number of anilines is 2. The van der Waals surface area contributed by atoms with Crippen LogP contribution in [0.4, 0.5) is 11.4 Å². The molecular weight excluding hydrogens is 356 g/mol. The largest absolute Gasteiger partial charge is 0.452 e. The minimum Gasteiger partial charge on any atom is -0.452 e. The third kappa shape index (κ3) is 5.04. The number of rotatable bonds is 6. The molecule has 3 aromatic carbocycles. The molecule has 0 fully saturated rings. The quantitative estimate of drug-likeness (QED) is 0.644. The number of hydrogen-bond acceptors (Lipinski definition) is 4. The van der Waals surface area contributed by atoms with Gasteiger partial charge in [0, 0.05) is 5.69 Å². The zero-order valence-corrected chi connectivity index (χ0v) is 14.9. The van der Waals surface area contributed by atoms with Crippen molar-refractivity contribution >= 4 is 29.2 Å². The van der Waals surface area contributed by atoms with E-state index in [0.717, 1.165) is 0 Å². The van der Waals surface area contributed by atoms with Crippen LogP contribution in [0.1, 0.15) is 20.7 Å². The molecule has 0 radical (unpaired) electrons. The number of carbonyl (C=O) groups excluding carboxylic acids is 3. The standard InChI is InChI=1S/C22H18N2O4/c25-20(15-28-22(27)16-9-3-1-4-10-16)24-19-14-8-7-13-18(19)21(26)23-17-11-5-2-6-12-17/h1-14H,15H2,(H,23,26)(H,24,25). The fourth-order valence-corrected chi connectivity index (χ4v) is 2.48. The van der Waals surface area contributed by atoms with Crippen molar-refractivity contribution in [3.63, 3.8) is 0 Å². The number of para-hydroxylation sites is 2. The van der Waals surface area contributed by atoms with Gasteiger partial charge < -0.3 is 15.4 Å². The van der Waals surface area contributed by atoms with Crippen molar-refractivity contribution in [2.24, 2.45) is 0 Å². The van der Waals surface area contributed by atoms with E-state index in [1.54, 1.807) is 66.7 Å². The number of carbonyl (C=O) groups is 3. The van der Waals surface area contributed by atoms with Gasteiger partial charge in [0.25, 0.3) is 11.8 Å². The van der Waals surface area contributed by atoms with Gasteiger partial charge >= 0.3 is 5.97 Å². The van der Waals surface area contributed by atoms with Crippen LogP contribution in [0.5, 0.6) is 0 Å². The van der Waals surface area contributed by atoms with Crippen LogP contribution in [0.15, 0.2) is 84.9 Å². The van der Waals surface area contributed by atoms with Crippen molar-refractivity contribution in [2.75, 3.05) is 17.2 Å². The fourth-order valence-electron chi connectivity index (χ4n) is 2.48. The molecule has 0 aromatic heterocycles. The summed E-state index contributed by atoms with van der Waals surface area (Å²) in [7, 11) is 0. The van der Waals surface area contributed by atoms with Crippen LogP contribution in [0.3, 0.4) is 0 Å². The summed E-state index contributed by atoms with van der Waals surface area (Å²) in [5, 5.41) is 5.38. The maximum absolute atomic E-state index is 12.5. The smallest absolute Gasteiger partial charge is 0.338 e. The highest BCUT2D eigenvalue weighted by atomic mass is 16.5. The fraction of sp³-hybridized carbons (Fsp3) is 0.0455. The average molecular weight is 374 g/mol. The van der Waals surface area contributed by atoms with Gasteiger partial charge in [0.05, 0.1) is 16.8 Å². The predicted octanol–water partition coefficient (Wildman–Crippen LogP) is 3.73. The molecule has 6 heteroatoms. The summed E-state index contributed by atoms with van der Waals surface area (Å²) in [6.07, 6.45) is 0. The van der Waals surface area contributed by atoms with Gasteiger partial charge in [0.1, 0.15) is 0 Å². The lowest BCUT2D eigenvalue weighted by molar-refractivity contribution is -0.119. The summed E-state index contributed by atoms with van der Waals surface area (Å²) >= 11 is 0. The van der Waals surface area contributed by atoms with Crippen LogP contribution in [0.25, 0.3) is 0 Å². The summed E-state index contributed by atoms with van der Waals surface area (Å²) in [4.78, 5) is 36.6. The number of nitrogens with one attached hydrogen (secondary N) is 2. The second-order valence-corrected chi connectivity index (χ2v) is 5.86. The monoisotopic (exact) mass is 374 g/mol. The Morgan fingerprint density at radius 2 is 1.32 bits per heavy atom. The Bertz CT molecular complexity index is 972. The van der Waals surface area contributed by atoms with E-state index in [1.807, 2.05) is 18.2 Å². The maximum atomic E-state index is 12.5. The molecule has 140 valence electrons. The van der Waals surface area contributed by atoms with Gasteiger partial charge in [-0.05, 0) is 36.4 Å². The summed E-state index contributed by atoms with van der Waals surface area (Å²) in [5.74, 6) is -1.49. The van der Waals surface area contributed by atoms with Crippen molar-refractivity contribution in [2.45, 2.75) is 0 Å². The van der Waals surface area contributed by atoms with Gasteiger partial charge in [-0.25, -0.2) is 4.79 Å². The predicted molar refractivity (Wildman–Crippen MR) is 106 cm³/mol. The van der Waals surface area contributed by atoms with E-state index < -0.39 is 18.5 Å². The van der Waals surface area contributed by atoms with E-state index in [2.05, 4.69) is 10.6 Å². The van der Waals surface area contributed by atoms with E-state index in [-0.39, 0.29) is 5.91 Å². The molecule has 0 aliphatic rings. The van der Waals surface area contributed by atoms with Crippen LogP contribution in [0.2, 0.25) is 0 Å². The van der Waals surface area contributed by atoms with E-state index in [9.17, 15) is 14.4 Å². The normalized spacial score (nSPS) is 10.0. The lowest BCUT2D eigenvalue weighted by Gasteiger charge is -2.12. The topological polar surface area (TPSA) is 84.5 Å². The van der Waals surface area contributed by atoms with Crippen molar-refractivity contribution < 1.29 is 19.1 Å². The Morgan fingerprint density at radius 1 is 0.714 bits per heavy atom. The number of esters is 1. The number of benzene rings is 3. The SMILES string of the molecule is O=C(COC(=O)c1ccccc1)Nc1ccccc1C(=O)Nc1ccccc1. The van der Waals surface area contributed by atoms with Crippen LogP contribution < -0.4 is 10.6 Å². The highest BCUT2D eigenvalue weighted by Gasteiger charge is 2.15. The first-order valence-electron chi connectivity index (χ1n) is 8.61. The number of hydrogen-bond donors (Lipinski definition) is 2. The molecule has 0 atom stereocenters. The molecule has 28 heavy (non-hydrogen) atoms. The van der Waals surface area contributed by atoms with Crippen molar-refractivity contribution in [3.05, 3.63) is 96.1 Å². The zero-order valence-electron chi connectivity index (χ0n) is 14.9. The van der Waals surface area contributed by atoms with Crippen molar-refractivity contribution in [1.82, 2.24) is 0 Å². The maximum Gasteiger partial charge on any atom is 0.338 e. The van der Waals surface area contributed by atoms with E-state index in [1.165, 1.54) is 0 Å². The van der Waals surface area contributed by atoms with Crippen LogP contribution in [-0.4, -0.2) is 24.4 Å². The van der Waals surface area contributed by atoms with Gasteiger partial charge in [-0.1, -0.05) is 48.5 Å². The first-order chi connectivity index (χ1) is 13.6. The minimum atomic E-state index is -0.592. The average Bonchev–Trinajstić information content (AvgIpc) is 2.73. The molecule has 0 unspecified atom stereocenters. The Kier molecular flexibility index (Phi) is 6.15. The van der Waals surface area contributed by atoms with Crippen LogP contribution in [0, 0.1) is 0 Å². The lowest BCUT2D eigenvalue weighted by atomic mass is 10.1. The molecule has 0 aliphatic carbocycles. The Labute approximate surface area is 162 Å². The van der Waals surface area contributed by atoms with Gasteiger partial charge in [-0.2, -0.15) is 0 Å². The van der Waals surface area contributed by atoms with E-state index in [0.29, 0.717) is 22.5 Å². The molecule has 0 heterocycles. The molecular formula is C22H18N2O4. The third-order valence-electron chi connectivity index (χ3n) is 3.82. The molecule has 3 rings (SSSR count). The summed E-state index contributed by atoms with van der Waals surface area (Å²) in [6.45, 7) is -0.456. The second-order valence-electron chi connectivity index (χ2n) is 5.86. The van der Waals surface area contributed by atoms with Gasteiger partial charge in [0.2, 0.25) is 0 Å². The molecule has 0 saturated carbocycles. The molecule has 2 N–H and O–H groups in total. The first kappa shape index (κ1) is 18.8. The molecule has 2 amide bonds. The highest BCUT2D eigenvalue weighted by Crippen LogP contribution is 2.17. The summed E-state index contributed by atoms with van der Waals surface area (Å²) in [6, 6.07) is 24.0. The molecule has 6 nitrogen and oxygen atoms in total. The van der Waals surface area contributed by atoms with Gasteiger partial charge in [-0.3, -0.25) is 9.59 Å². The molecule has 3 aromatic rings. The Morgan fingerprint density at radius 3 is 2.04 bits per heavy atom. The van der Waals surface area contributed by atoms with E-state index in [4.69, 9.17) is 4.74 Å². The third-order valence-corrected chi connectivity index (χ3v) is 3.82. The van der Waals surface area contributed by atoms with Crippen molar-refractivity contribution in [3.8, 4) is 0 Å². The van der Waals surface area contributed by atoms with E-state index >= 15 is 0 Å². The first-order valence-corrected chi connectivity index (χ1v) is 8.61. The molecule has 0 spiro atoms. The van der Waals surface area contributed by atoms with Gasteiger partial charge in [-0.15, -0.1) is 0 Å². The Hall–Kier alpha value is -3.93. The molecule has 0 aliphatic heterocycles.